The zero-order valence-corrected chi connectivity index (χ0v) is 15.0. The Morgan fingerprint density at radius 2 is 2.14 bits per heavy atom. The molecule has 8 heteroatoms. The van der Waals surface area contributed by atoms with Crippen molar-refractivity contribution in [2.24, 2.45) is 0 Å². The lowest BCUT2D eigenvalue weighted by Gasteiger charge is -2.23. The maximum absolute atomic E-state index is 12.9. The Morgan fingerprint density at radius 3 is 2.76 bits per heavy atom. The average Bonchev–Trinajstić information content (AvgIpc) is 2.89. The molecule has 1 aromatic heterocycles. The minimum Gasteiger partial charge on any atom is -0.399 e. The van der Waals surface area contributed by atoms with Crippen LogP contribution in [0.3, 0.4) is 0 Å². The quantitative estimate of drug-likeness (QED) is 0.768. The first-order valence-corrected chi connectivity index (χ1v) is 9.61. The highest BCUT2D eigenvalue weighted by Crippen LogP contribution is 2.41. The number of hydrogen-bond donors (Lipinski definition) is 1. The lowest BCUT2D eigenvalue weighted by molar-refractivity contribution is 0.586. The molecule has 21 heavy (non-hydrogen) atoms. The lowest BCUT2D eigenvalue weighted by Crippen LogP contribution is -2.35. The molecule has 1 aliphatic rings. The third kappa shape index (κ3) is 2.46. The van der Waals surface area contributed by atoms with E-state index in [0.717, 1.165) is 16.9 Å². The Kier molecular flexibility index (Phi) is 3.72. The maximum atomic E-state index is 12.9. The van der Waals surface area contributed by atoms with Gasteiger partial charge in [-0.1, -0.05) is 11.6 Å². The lowest BCUT2D eigenvalue weighted by atomic mass is 10.1. The Morgan fingerprint density at radius 1 is 1.43 bits per heavy atom. The van der Waals surface area contributed by atoms with Crippen molar-refractivity contribution in [3.63, 3.8) is 0 Å². The maximum Gasteiger partial charge on any atom is 0.274 e. The molecule has 2 heterocycles. The third-order valence-corrected chi connectivity index (χ3v) is 8.24. The predicted octanol–water partition coefficient (Wildman–Crippen LogP) is 3.89. The summed E-state index contributed by atoms with van der Waals surface area (Å²) in [6.07, 6.45) is 0.653. The summed E-state index contributed by atoms with van der Waals surface area (Å²) in [5, 5.41) is 0.406. The Labute approximate surface area is 140 Å². The minimum atomic E-state index is -3.62. The van der Waals surface area contributed by atoms with Crippen LogP contribution in [0.2, 0.25) is 5.02 Å². The van der Waals surface area contributed by atoms with Gasteiger partial charge in [0.05, 0.1) is 14.5 Å². The number of nitrogen functional groups attached to an aromatic ring is 1. The van der Waals surface area contributed by atoms with Crippen LogP contribution < -0.4 is 10.0 Å². The van der Waals surface area contributed by atoms with Crippen molar-refractivity contribution in [3.8, 4) is 0 Å². The molecule has 0 radical (unpaired) electrons. The van der Waals surface area contributed by atoms with Crippen LogP contribution in [-0.4, -0.2) is 14.5 Å². The molecule has 2 aromatic rings. The van der Waals surface area contributed by atoms with E-state index in [4.69, 9.17) is 17.3 Å². The second-order valence-electron chi connectivity index (χ2n) is 4.93. The fraction of sp³-hybridized carbons (Fsp3) is 0.231. The van der Waals surface area contributed by atoms with Crippen molar-refractivity contribution in [1.82, 2.24) is 0 Å². The van der Waals surface area contributed by atoms with Gasteiger partial charge in [-0.25, -0.2) is 8.42 Å². The van der Waals surface area contributed by atoms with E-state index in [1.807, 2.05) is 13.0 Å². The van der Waals surface area contributed by atoms with Gasteiger partial charge in [-0.05, 0) is 59.1 Å². The third-order valence-electron chi connectivity index (χ3n) is 3.39. The summed E-state index contributed by atoms with van der Waals surface area (Å²) in [5.74, 6) is 0. The Hall–Kier alpha value is -0.760. The predicted molar refractivity (Wildman–Crippen MR) is 90.7 cm³/mol. The molecule has 2 N–H and O–H groups in total. The van der Waals surface area contributed by atoms with Gasteiger partial charge in [0.15, 0.2) is 0 Å². The molecule has 0 bridgehead atoms. The van der Waals surface area contributed by atoms with E-state index in [2.05, 4.69) is 15.9 Å². The average molecular weight is 408 g/mol. The number of sulfonamides is 1. The monoisotopic (exact) mass is 406 g/mol. The van der Waals surface area contributed by atoms with Gasteiger partial charge in [0.25, 0.3) is 10.0 Å². The number of halogens is 2. The molecule has 0 amide bonds. The Balaban J connectivity index is 2.12. The highest BCUT2D eigenvalue weighted by atomic mass is 79.9. The summed E-state index contributed by atoms with van der Waals surface area (Å²) in [5.41, 5.74) is 8.06. The smallest absolute Gasteiger partial charge is 0.274 e. The number of anilines is 2. The van der Waals surface area contributed by atoms with E-state index in [9.17, 15) is 8.42 Å². The van der Waals surface area contributed by atoms with E-state index in [1.54, 1.807) is 12.1 Å². The van der Waals surface area contributed by atoms with E-state index in [-0.39, 0.29) is 10.3 Å². The normalized spacial score (nSPS) is 18.0. The number of nitrogens with two attached hydrogens (primary N) is 1. The van der Waals surface area contributed by atoms with Crippen LogP contribution in [0.4, 0.5) is 11.4 Å². The van der Waals surface area contributed by atoms with Crippen molar-refractivity contribution in [1.29, 1.82) is 0 Å². The number of thiophene rings is 1. The first-order chi connectivity index (χ1) is 9.80. The van der Waals surface area contributed by atoms with Gasteiger partial charge in [-0.15, -0.1) is 11.3 Å². The van der Waals surface area contributed by atoms with Gasteiger partial charge < -0.3 is 5.73 Å². The van der Waals surface area contributed by atoms with Crippen LogP contribution >= 0.6 is 38.9 Å². The van der Waals surface area contributed by atoms with Crippen molar-refractivity contribution in [3.05, 3.63) is 38.6 Å². The number of hydrogen-bond acceptors (Lipinski definition) is 4. The molecule has 0 fully saturated rings. The zero-order valence-electron chi connectivity index (χ0n) is 11.0. The largest absolute Gasteiger partial charge is 0.399 e. The number of benzene rings is 1. The van der Waals surface area contributed by atoms with Gasteiger partial charge in [0, 0.05) is 11.7 Å². The summed E-state index contributed by atoms with van der Waals surface area (Å²) < 4.78 is 28.1. The molecule has 0 spiro atoms. The summed E-state index contributed by atoms with van der Waals surface area (Å²) in [7, 11) is -3.62. The molecule has 1 aliphatic heterocycles. The second kappa shape index (κ2) is 5.15. The summed E-state index contributed by atoms with van der Waals surface area (Å²) in [6.45, 7) is 1.89. The van der Waals surface area contributed by atoms with E-state index < -0.39 is 10.0 Å². The number of nitrogens with zero attached hydrogens (tertiary/aromatic N) is 1. The van der Waals surface area contributed by atoms with E-state index >= 15 is 0 Å². The second-order valence-corrected chi connectivity index (χ2v) is 9.75. The van der Waals surface area contributed by atoms with Crippen molar-refractivity contribution < 1.29 is 8.42 Å². The molecule has 1 atom stereocenters. The Bertz CT molecular complexity index is 800. The van der Waals surface area contributed by atoms with Gasteiger partial charge in [-0.3, -0.25) is 4.31 Å². The van der Waals surface area contributed by atoms with Crippen LogP contribution in [-0.2, 0) is 16.4 Å². The van der Waals surface area contributed by atoms with Crippen LogP contribution in [0.1, 0.15) is 12.5 Å². The highest BCUT2D eigenvalue weighted by Gasteiger charge is 2.37. The fourth-order valence-electron chi connectivity index (χ4n) is 2.54. The standard InChI is InChI=1S/C13H12BrClN2O2S2/c1-7-4-8-5-9(16)2-3-11(8)17(7)21(18,19)12-6-10(15)13(14)20-12/h2-3,5-7H,4,16H2,1H3. The van der Waals surface area contributed by atoms with Crippen LogP contribution in [0.25, 0.3) is 0 Å². The van der Waals surface area contributed by atoms with E-state index in [1.165, 1.54) is 10.4 Å². The first-order valence-electron chi connectivity index (χ1n) is 6.18. The molecule has 1 aromatic carbocycles. The van der Waals surface area contributed by atoms with Crippen LogP contribution in [0, 0.1) is 0 Å². The molecule has 0 saturated carbocycles. The molecule has 0 aliphatic carbocycles. The SMILES string of the molecule is CC1Cc2cc(N)ccc2N1S(=O)(=O)c1cc(Cl)c(Br)s1. The van der Waals surface area contributed by atoms with Gasteiger partial charge >= 0.3 is 0 Å². The number of rotatable bonds is 2. The number of fused-ring (bicyclic) bond motifs is 1. The first kappa shape index (κ1) is 15.1. The van der Waals surface area contributed by atoms with Crippen LogP contribution in [0.15, 0.2) is 32.3 Å². The summed E-state index contributed by atoms with van der Waals surface area (Å²) in [6, 6.07) is 6.64. The summed E-state index contributed by atoms with van der Waals surface area (Å²) >= 11 is 10.3. The van der Waals surface area contributed by atoms with Gasteiger partial charge in [-0.2, -0.15) is 0 Å². The minimum absolute atomic E-state index is 0.147. The van der Waals surface area contributed by atoms with Crippen molar-refractivity contribution in [2.45, 2.75) is 23.6 Å². The van der Waals surface area contributed by atoms with Crippen LogP contribution in [0.5, 0.6) is 0 Å². The topological polar surface area (TPSA) is 63.4 Å². The molecule has 1 unspecified atom stereocenters. The van der Waals surface area contributed by atoms with Gasteiger partial charge in [0.2, 0.25) is 0 Å². The zero-order chi connectivity index (χ0) is 15.4. The van der Waals surface area contributed by atoms with Gasteiger partial charge in [0.1, 0.15) is 4.21 Å². The fourth-order valence-corrected chi connectivity index (χ4v) is 6.72. The molecule has 4 nitrogen and oxygen atoms in total. The molecule has 112 valence electrons. The van der Waals surface area contributed by atoms with Crippen molar-refractivity contribution >= 4 is 60.3 Å². The van der Waals surface area contributed by atoms with Crippen molar-refractivity contribution in [2.75, 3.05) is 10.0 Å². The molecule has 3 rings (SSSR count). The molecule has 0 saturated heterocycles. The highest BCUT2D eigenvalue weighted by molar-refractivity contribution is 9.11. The van der Waals surface area contributed by atoms with E-state index in [0.29, 0.717) is 26.6 Å². The molecular weight excluding hydrogens is 396 g/mol. The summed E-state index contributed by atoms with van der Waals surface area (Å²) in [4.78, 5) is 0. The molecular formula is C13H12BrClN2O2S2.